The van der Waals surface area contributed by atoms with E-state index in [1.807, 2.05) is 13.8 Å². The van der Waals surface area contributed by atoms with Gasteiger partial charge in [-0.2, -0.15) is 0 Å². The Morgan fingerprint density at radius 1 is 0.489 bits per heavy atom. The molecule has 0 aliphatic rings. The molecule has 45 heavy (non-hydrogen) atoms. The first-order valence-electron chi connectivity index (χ1n) is 19.3. The van der Waals surface area contributed by atoms with E-state index < -0.39 is 23.1 Å². The Hall–Kier alpha value is 0.439. The Balaban J connectivity index is 3.49. The molecule has 0 aromatic carbocycles. The van der Waals surface area contributed by atoms with Crippen LogP contribution < -0.4 is 0 Å². The molecule has 4 nitrogen and oxygen atoms in total. The normalized spacial score (nSPS) is 11.6. The minimum Gasteiger partial charge on any atom is -0.0654 e. The van der Waals surface area contributed by atoms with Crippen molar-refractivity contribution in [2.75, 3.05) is 19.0 Å². The Morgan fingerprint density at radius 2 is 0.800 bits per heavy atom. The summed E-state index contributed by atoms with van der Waals surface area (Å²) in [6, 6.07) is 0. The van der Waals surface area contributed by atoms with Gasteiger partial charge in [0.25, 0.3) is 0 Å². The molecule has 0 aromatic rings. The van der Waals surface area contributed by atoms with Crippen LogP contribution in [-0.4, -0.2) is 54.0 Å². The summed E-state index contributed by atoms with van der Waals surface area (Å²) >= 11 is -0.958. The van der Waals surface area contributed by atoms with Crippen molar-refractivity contribution in [1.82, 2.24) is 0 Å². The molecule has 0 atom stereocenters. The van der Waals surface area contributed by atoms with Gasteiger partial charge in [-0.1, -0.05) is 104 Å². The number of hydrogen-bond donors (Lipinski definition) is 0. The van der Waals surface area contributed by atoms with Crippen molar-refractivity contribution in [3.63, 3.8) is 0 Å². The number of rotatable bonds is 36. The molecule has 0 amide bonds. The quantitative estimate of drug-likeness (QED) is 0.0359. The number of carbonyl (C=O) groups excluding carboxylic acids is 2. The summed E-state index contributed by atoms with van der Waals surface area (Å²) in [5, 5.41) is 0. The molecule has 0 heterocycles. The van der Waals surface area contributed by atoms with Gasteiger partial charge in [-0.25, -0.2) is 0 Å². The first kappa shape index (κ1) is 45.4. The third-order valence-electron chi connectivity index (χ3n) is 8.53. The second-order valence-electron chi connectivity index (χ2n) is 13.5. The third-order valence-corrected chi connectivity index (χ3v) is 21.2. The zero-order chi connectivity index (χ0) is 33.1. The standard InChI is InChI=1S/C20H40O2S.C18H36O2S.Sn/c1-4-5-6-7-8-9-10-11-12-13-14-15-16-17-18-22-19(21)20(2,3)23;1-2-3-4-5-6-7-8-9-10-11-12-13-14-15-16-20-18(19)17-21;/h23H,4-18H2,1-3H3;21H,2-17H2,1H3;/q;;+2/p-2. The maximum atomic E-state index is 12.6. The molecule has 0 spiro atoms. The van der Waals surface area contributed by atoms with Crippen LogP contribution in [0.25, 0.3) is 0 Å². The Kier molecular flexibility index (Phi) is 36.1. The molecule has 0 N–H and O–H groups in total. The van der Waals surface area contributed by atoms with Crippen molar-refractivity contribution in [1.29, 1.82) is 0 Å². The van der Waals surface area contributed by atoms with Crippen LogP contribution in [0.2, 0.25) is 0 Å². The zero-order valence-corrected chi connectivity index (χ0v) is 34.9. The maximum absolute atomic E-state index is 12.6. The molecular weight excluding hydrogens is 703 g/mol. The average molecular weight is 778 g/mol. The predicted molar refractivity (Wildman–Crippen MR) is 202 cm³/mol. The van der Waals surface area contributed by atoms with Gasteiger partial charge in [0.05, 0.1) is 0 Å². The van der Waals surface area contributed by atoms with Gasteiger partial charge in [-0.05, 0) is 0 Å². The summed E-state index contributed by atoms with van der Waals surface area (Å²) in [6.07, 6.45) is 37.2. The molecular formula is C38H74O4S2Sn. The molecule has 0 fully saturated rings. The Morgan fingerprint density at radius 3 is 1.16 bits per heavy atom. The van der Waals surface area contributed by atoms with Gasteiger partial charge in [0.15, 0.2) is 0 Å². The summed E-state index contributed by atoms with van der Waals surface area (Å²) in [5.41, 5.74) is 0. The van der Waals surface area contributed by atoms with Crippen molar-refractivity contribution in [2.45, 2.75) is 212 Å². The summed E-state index contributed by atoms with van der Waals surface area (Å²) in [6.45, 7) is 9.55. The van der Waals surface area contributed by atoms with E-state index in [0.29, 0.717) is 19.0 Å². The molecule has 0 rings (SSSR count). The van der Waals surface area contributed by atoms with E-state index in [9.17, 15) is 9.59 Å². The molecule has 2 radical (unpaired) electrons. The van der Waals surface area contributed by atoms with Gasteiger partial charge in [0, 0.05) is 0 Å². The van der Waals surface area contributed by atoms with E-state index in [-0.39, 0.29) is 11.9 Å². The van der Waals surface area contributed by atoms with E-state index in [4.69, 9.17) is 9.47 Å². The van der Waals surface area contributed by atoms with Gasteiger partial charge >= 0.3 is 195 Å². The van der Waals surface area contributed by atoms with Crippen LogP contribution in [0.4, 0.5) is 0 Å². The molecule has 7 heteroatoms. The fourth-order valence-electron chi connectivity index (χ4n) is 5.42. The van der Waals surface area contributed by atoms with E-state index in [1.54, 1.807) is 17.9 Å². The first-order valence-corrected chi connectivity index (χ1v) is 28.1. The molecule has 0 bridgehead atoms. The van der Waals surface area contributed by atoms with Crippen LogP contribution in [0.1, 0.15) is 207 Å². The van der Waals surface area contributed by atoms with Gasteiger partial charge in [-0.3, -0.25) is 0 Å². The van der Waals surface area contributed by atoms with Crippen molar-refractivity contribution in [2.24, 2.45) is 0 Å². The third kappa shape index (κ3) is 34.1. The first-order chi connectivity index (χ1) is 21.9. The Bertz CT molecular complexity index is 647. The molecule has 0 aliphatic heterocycles. The van der Waals surface area contributed by atoms with Gasteiger partial charge < -0.3 is 0 Å². The van der Waals surface area contributed by atoms with Crippen LogP contribution in [0, 0.1) is 0 Å². The summed E-state index contributed by atoms with van der Waals surface area (Å²) in [7, 11) is 3.41. The number of carbonyl (C=O) groups is 2. The Labute approximate surface area is 296 Å². The molecule has 0 saturated carbocycles. The van der Waals surface area contributed by atoms with Gasteiger partial charge in [-0.15, -0.1) is 0 Å². The second kappa shape index (κ2) is 35.7. The molecule has 266 valence electrons. The van der Waals surface area contributed by atoms with Crippen LogP contribution in [0.15, 0.2) is 0 Å². The minimum absolute atomic E-state index is 0.102. The summed E-state index contributed by atoms with van der Waals surface area (Å²) in [4.78, 5) is 24.7. The van der Waals surface area contributed by atoms with Crippen molar-refractivity contribution in [3.05, 3.63) is 0 Å². The predicted octanol–water partition coefficient (Wildman–Crippen LogP) is 12.8. The van der Waals surface area contributed by atoms with E-state index in [2.05, 4.69) is 13.8 Å². The average Bonchev–Trinajstić information content (AvgIpc) is 3.03. The molecule has 0 saturated heterocycles. The monoisotopic (exact) mass is 778 g/mol. The van der Waals surface area contributed by atoms with Gasteiger partial charge in [0.1, 0.15) is 0 Å². The van der Waals surface area contributed by atoms with Crippen LogP contribution in [0.3, 0.4) is 0 Å². The number of esters is 2. The minimum atomic E-state index is -0.958. The van der Waals surface area contributed by atoms with Crippen LogP contribution >= 0.6 is 17.9 Å². The molecule has 0 aromatic heterocycles. The van der Waals surface area contributed by atoms with E-state index in [1.165, 1.54) is 154 Å². The zero-order valence-electron chi connectivity index (χ0n) is 30.4. The van der Waals surface area contributed by atoms with Crippen molar-refractivity contribution < 1.29 is 19.1 Å². The number of hydrogen-bond acceptors (Lipinski definition) is 6. The van der Waals surface area contributed by atoms with Gasteiger partial charge in [0.2, 0.25) is 0 Å². The SMILES string of the molecule is CCCCCCCCCCCCCCCCOC(=O)C[S][Sn][S]C(C)(C)C(=O)OCCCCCCCCCCCCCCCC. The summed E-state index contributed by atoms with van der Waals surface area (Å²) in [5.74, 6) is 0.209. The van der Waals surface area contributed by atoms with Crippen LogP contribution in [0.5, 0.6) is 0 Å². The molecule has 0 aliphatic carbocycles. The van der Waals surface area contributed by atoms with E-state index >= 15 is 0 Å². The topological polar surface area (TPSA) is 52.6 Å². The van der Waals surface area contributed by atoms with Crippen molar-refractivity contribution in [3.8, 4) is 0 Å². The summed E-state index contributed by atoms with van der Waals surface area (Å²) < 4.78 is 10.5. The molecule has 0 unspecified atom stereocenters. The second-order valence-corrected chi connectivity index (χ2v) is 24.5. The van der Waals surface area contributed by atoms with E-state index in [0.717, 1.165) is 25.7 Å². The van der Waals surface area contributed by atoms with Crippen molar-refractivity contribution >= 4 is 48.2 Å². The fraction of sp³-hybridized carbons (Fsp3) is 0.947. The van der Waals surface area contributed by atoms with Crippen LogP contribution in [-0.2, 0) is 19.1 Å². The smallest absolute Gasteiger partial charge is 0.0654 e. The number of ether oxygens (including phenoxy) is 2. The fourth-order valence-corrected chi connectivity index (χ4v) is 17.2. The number of unbranched alkanes of at least 4 members (excludes halogenated alkanes) is 26.